The number of halogens is 1. The van der Waals surface area contributed by atoms with Crippen molar-refractivity contribution >= 4 is 26.0 Å². The minimum Gasteiger partial charge on any atom is -0.329 e. The zero-order chi connectivity index (χ0) is 12.3. The molecule has 3 N–H and O–H groups in total. The molecule has 1 aromatic rings. The second-order valence-corrected chi connectivity index (χ2v) is 5.65. The van der Waals surface area contributed by atoms with Gasteiger partial charge < -0.3 is 5.73 Å². The summed E-state index contributed by atoms with van der Waals surface area (Å²) in [5, 5.41) is 7.23. The largest absolute Gasteiger partial charge is 0.329 e. The van der Waals surface area contributed by atoms with Gasteiger partial charge in [-0.15, -0.1) is 5.10 Å². The van der Waals surface area contributed by atoms with E-state index >= 15 is 0 Å². The minimum atomic E-state index is -3.64. The van der Waals surface area contributed by atoms with Crippen molar-refractivity contribution in [2.45, 2.75) is 24.4 Å². The Balaban J connectivity index is 3.03. The first kappa shape index (κ1) is 13.6. The van der Waals surface area contributed by atoms with Crippen LogP contribution in [0.1, 0.15) is 13.3 Å². The first-order valence-electron chi connectivity index (χ1n) is 4.70. The van der Waals surface area contributed by atoms with E-state index in [1.807, 2.05) is 6.92 Å². The highest BCUT2D eigenvalue weighted by molar-refractivity contribution is 9.10. The lowest BCUT2D eigenvalue weighted by molar-refractivity contribution is 0.529. The number of nitrogens with two attached hydrogens (primary N) is 1. The van der Waals surface area contributed by atoms with Crippen LogP contribution in [0, 0.1) is 0 Å². The lowest BCUT2D eigenvalue weighted by Gasteiger charge is -2.14. The lowest BCUT2D eigenvalue weighted by Crippen LogP contribution is -2.40. The fourth-order valence-corrected chi connectivity index (χ4v) is 3.61. The molecule has 0 aliphatic rings. The topological polar surface area (TPSA) is 103 Å². The predicted octanol–water partition coefficient (Wildman–Crippen LogP) is -0.407. The first-order valence-corrected chi connectivity index (χ1v) is 6.97. The van der Waals surface area contributed by atoms with Crippen LogP contribution in [-0.2, 0) is 17.1 Å². The normalized spacial score (nSPS) is 14.0. The average molecular weight is 312 g/mol. The SMILES string of the molecule is CCC(CN)NS(=O)(=O)c1c(Br)nnn1C. The van der Waals surface area contributed by atoms with Gasteiger partial charge in [0.15, 0.2) is 4.60 Å². The molecule has 0 saturated heterocycles. The monoisotopic (exact) mass is 311 g/mol. The molecule has 1 aromatic heterocycles. The van der Waals surface area contributed by atoms with Crippen molar-refractivity contribution in [2.24, 2.45) is 12.8 Å². The molecule has 0 radical (unpaired) electrons. The summed E-state index contributed by atoms with van der Waals surface area (Å²) < 4.78 is 27.8. The second kappa shape index (κ2) is 5.21. The molecule has 0 aliphatic carbocycles. The maximum absolute atomic E-state index is 12.0. The van der Waals surface area contributed by atoms with Crippen molar-refractivity contribution < 1.29 is 8.42 Å². The zero-order valence-electron chi connectivity index (χ0n) is 9.01. The molecule has 16 heavy (non-hydrogen) atoms. The van der Waals surface area contributed by atoms with E-state index in [4.69, 9.17) is 5.73 Å². The molecule has 0 aromatic carbocycles. The van der Waals surface area contributed by atoms with Gasteiger partial charge in [0.05, 0.1) is 0 Å². The van der Waals surface area contributed by atoms with Crippen LogP contribution in [0.4, 0.5) is 0 Å². The van der Waals surface area contributed by atoms with Gasteiger partial charge in [0.25, 0.3) is 10.0 Å². The van der Waals surface area contributed by atoms with E-state index in [1.165, 1.54) is 11.7 Å². The van der Waals surface area contributed by atoms with Crippen molar-refractivity contribution in [3.05, 3.63) is 4.60 Å². The number of rotatable bonds is 5. The van der Waals surface area contributed by atoms with Crippen molar-refractivity contribution in [3.8, 4) is 0 Å². The molecular weight excluding hydrogens is 298 g/mol. The number of aromatic nitrogens is 3. The van der Waals surface area contributed by atoms with Crippen molar-refractivity contribution in [2.75, 3.05) is 6.54 Å². The number of nitrogens with zero attached hydrogens (tertiary/aromatic N) is 3. The molecule has 0 amide bonds. The van der Waals surface area contributed by atoms with Gasteiger partial charge in [-0.2, -0.15) is 0 Å². The summed E-state index contributed by atoms with van der Waals surface area (Å²) in [6.45, 7) is 2.11. The van der Waals surface area contributed by atoms with Crippen LogP contribution < -0.4 is 10.5 Å². The Labute approximate surface area is 103 Å². The average Bonchev–Trinajstić information content (AvgIpc) is 2.55. The summed E-state index contributed by atoms with van der Waals surface area (Å²) in [6.07, 6.45) is 0.624. The Hall–Kier alpha value is -0.510. The summed E-state index contributed by atoms with van der Waals surface area (Å²) in [7, 11) is -2.13. The van der Waals surface area contributed by atoms with Crippen LogP contribution in [0.3, 0.4) is 0 Å². The van der Waals surface area contributed by atoms with Gasteiger partial charge in [-0.3, -0.25) is 0 Å². The zero-order valence-corrected chi connectivity index (χ0v) is 11.4. The third-order valence-electron chi connectivity index (χ3n) is 2.09. The molecule has 1 rings (SSSR count). The Morgan fingerprint density at radius 2 is 2.25 bits per heavy atom. The second-order valence-electron chi connectivity index (χ2n) is 3.27. The fraction of sp³-hybridized carbons (Fsp3) is 0.714. The molecule has 1 atom stereocenters. The number of hydrogen-bond donors (Lipinski definition) is 2. The van der Waals surface area contributed by atoms with E-state index < -0.39 is 10.0 Å². The Morgan fingerprint density at radius 1 is 1.62 bits per heavy atom. The summed E-state index contributed by atoms with van der Waals surface area (Å²) in [4.78, 5) is 0. The van der Waals surface area contributed by atoms with Gasteiger partial charge in [-0.05, 0) is 22.4 Å². The van der Waals surface area contributed by atoms with Gasteiger partial charge in [-0.1, -0.05) is 12.1 Å². The van der Waals surface area contributed by atoms with Crippen LogP contribution in [0.5, 0.6) is 0 Å². The van der Waals surface area contributed by atoms with Gasteiger partial charge in [0.2, 0.25) is 5.03 Å². The van der Waals surface area contributed by atoms with Crippen LogP contribution in [0.25, 0.3) is 0 Å². The number of hydrogen-bond acceptors (Lipinski definition) is 5. The molecule has 0 saturated carbocycles. The highest BCUT2D eigenvalue weighted by Gasteiger charge is 2.25. The highest BCUT2D eigenvalue weighted by Crippen LogP contribution is 2.17. The summed E-state index contributed by atoms with van der Waals surface area (Å²) in [5.74, 6) is 0. The maximum Gasteiger partial charge on any atom is 0.260 e. The van der Waals surface area contributed by atoms with Crippen LogP contribution in [0.15, 0.2) is 9.63 Å². The fourth-order valence-electron chi connectivity index (χ4n) is 1.18. The van der Waals surface area contributed by atoms with Crippen molar-refractivity contribution in [1.82, 2.24) is 19.7 Å². The number of sulfonamides is 1. The smallest absolute Gasteiger partial charge is 0.260 e. The minimum absolute atomic E-state index is 0.000556. The molecule has 0 aliphatic heterocycles. The summed E-state index contributed by atoms with van der Waals surface area (Å²) >= 11 is 3.04. The van der Waals surface area contributed by atoms with Crippen LogP contribution in [0.2, 0.25) is 0 Å². The molecule has 7 nitrogen and oxygen atoms in total. The van der Waals surface area contributed by atoms with Crippen molar-refractivity contribution in [1.29, 1.82) is 0 Å². The van der Waals surface area contributed by atoms with Gasteiger partial charge >= 0.3 is 0 Å². The van der Waals surface area contributed by atoms with E-state index in [9.17, 15) is 8.42 Å². The van der Waals surface area contributed by atoms with E-state index in [-0.39, 0.29) is 22.2 Å². The van der Waals surface area contributed by atoms with Crippen molar-refractivity contribution in [3.63, 3.8) is 0 Å². The summed E-state index contributed by atoms with van der Waals surface area (Å²) in [5.41, 5.74) is 5.44. The van der Waals surface area contributed by atoms with E-state index in [0.717, 1.165) is 0 Å². The molecule has 0 bridgehead atoms. The predicted molar refractivity (Wildman–Crippen MR) is 62.2 cm³/mol. The Kier molecular flexibility index (Phi) is 4.42. The highest BCUT2D eigenvalue weighted by atomic mass is 79.9. The lowest BCUT2D eigenvalue weighted by atomic mass is 10.2. The molecule has 0 fully saturated rings. The Morgan fingerprint density at radius 3 is 2.62 bits per heavy atom. The molecule has 1 unspecified atom stereocenters. The standard InChI is InChI=1S/C7H14BrN5O2S/c1-3-5(4-9)11-16(14,15)7-6(8)10-12-13(7)2/h5,11H,3-4,9H2,1-2H3. The number of aryl methyl sites for hydroxylation is 1. The third kappa shape index (κ3) is 2.78. The van der Waals surface area contributed by atoms with E-state index in [2.05, 4.69) is 31.0 Å². The molecule has 1 heterocycles. The number of nitrogens with one attached hydrogen (secondary N) is 1. The van der Waals surface area contributed by atoms with Gasteiger partial charge in [0.1, 0.15) is 0 Å². The van der Waals surface area contributed by atoms with Gasteiger partial charge in [0, 0.05) is 19.6 Å². The first-order chi connectivity index (χ1) is 7.42. The molecule has 9 heteroatoms. The quantitative estimate of drug-likeness (QED) is 0.769. The molecular formula is C7H14BrN5O2S. The molecule has 0 spiro atoms. The third-order valence-corrected chi connectivity index (χ3v) is 4.50. The maximum atomic E-state index is 12.0. The van der Waals surface area contributed by atoms with E-state index in [1.54, 1.807) is 0 Å². The Bertz CT molecular complexity index is 434. The van der Waals surface area contributed by atoms with Gasteiger partial charge in [-0.25, -0.2) is 17.8 Å². The molecule has 92 valence electrons. The summed E-state index contributed by atoms with van der Waals surface area (Å²) in [6, 6.07) is -0.285. The van der Waals surface area contributed by atoms with Crippen LogP contribution in [-0.4, -0.2) is 36.0 Å². The van der Waals surface area contributed by atoms with E-state index in [0.29, 0.717) is 6.42 Å². The van der Waals surface area contributed by atoms with Crippen LogP contribution >= 0.6 is 15.9 Å².